The number of rotatable bonds is 6. The lowest BCUT2D eigenvalue weighted by Gasteiger charge is -2.27. The number of amides is 1. The molecular formula is C13H16Cl2N2OS. The standard InChI is InChI=1S/C13H16Cl2N2OS/c1-13(12(16)18,17-9-3-4-9)7-19-11-6-8(14)2-5-10(11)15/h2,5-6,9,17H,3-4,7H2,1H3,(H2,16,18). The zero-order valence-electron chi connectivity index (χ0n) is 10.6. The van der Waals surface area contributed by atoms with E-state index in [1.165, 1.54) is 11.8 Å². The van der Waals surface area contributed by atoms with Crippen LogP contribution in [0.3, 0.4) is 0 Å². The summed E-state index contributed by atoms with van der Waals surface area (Å²) >= 11 is 13.5. The van der Waals surface area contributed by atoms with Crippen molar-refractivity contribution in [2.24, 2.45) is 5.73 Å². The van der Waals surface area contributed by atoms with Crippen LogP contribution in [-0.4, -0.2) is 23.2 Å². The van der Waals surface area contributed by atoms with Crippen LogP contribution >= 0.6 is 35.0 Å². The van der Waals surface area contributed by atoms with E-state index in [-0.39, 0.29) is 5.91 Å². The first-order valence-electron chi connectivity index (χ1n) is 6.06. The van der Waals surface area contributed by atoms with Crippen LogP contribution in [0.5, 0.6) is 0 Å². The molecule has 1 aliphatic carbocycles. The minimum Gasteiger partial charge on any atom is -0.368 e. The molecule has 0 bridgehead atoms. The summed E-state index contributed by atoms with van der Waals surface area (Å²) in [6, 6.07) is 5.70. The van der Waals surface area contributed by atoms with E-state index in [1.807, 2.05) is 6.92 Å². The summed E-state index contributed by atoms with van der Waals surface area (Å²) in [6.45, 7) is 1.83. The molecule has 3 nitrogen and oxygen atoms in total. The minimum atomic E-state index is -0.725. The van der Waals surface area contributed by atoms with Gasteiger partial charge in [-0.2, -0.15) is 0 Å². The van der Waals surface area contributed by atoms with Gasteiger partial charge in [0.15, 0.2) is 0 Å². The average molecular weight is 319 g/mol. The van der Waals surface area contributed by atoms with Gasteiger partial charge in [0.2, 0.25) is 5.91 Å². The molecule has 19 heavy (non-hydrogen) atoms. The van der Waals surface area contributed by atoms with Crippen LogP contribution in [0.4, 0.5) is 0 Å². The van der Waals surface area contributed by atoms with Crippen LogP contribution in [0.15, 0.2) is 23.1 Å². The molecule has 0 radical (unpaired) electrons. The number of hydrogen-bond donors (Lipinski definition) is 2. The van der Waals surface area contributed by atoms with Gasteiger partial charge in [-0.3, -0.25) is 4.79 Å². The maximum absolute atomic E-state index is 11.6. The molecule has 1 atom stereocenters. The predicted molar refractivity (Wildman–Crippen MR) is 80.9 cm³/mol. The molecule has 0 heterocycles. The maximum atomic E-state index is 11.6. The summed E-state index contributed by atoms with van der Waals surface area (Å²) in [5.74, 6) is 0.184. The van der Waals surface area contributed by atoms with E-state index in [2.05, 4.69) is 5.32 Å². The summed E-state index contributed by atoms with van der Waals surface area (Å²) < 4.78 is 0. The van der Waals surface area contributed by atoms with Crippen LogP contribution in [0, 0.1) is 0 Å². The summed E-state index contributed by atoms with van der Waals surface area (Å²) in [5.41, 5.74) is 4.78. The molecule has 0 aromatic heterocycles. The van der Waals surface area contributed by atoms with Crippen LogP contribution in [0.2, 0.25) is 10.0 Å². The highest BCUT2D eigenvalue weighted by Crippen LogP contribution is 2.33. The van der Waals surface area contributed by atoms with Gasteiger partial charge in [-0.15, -0.1) is 11.8 Å². The fraction of sp³-hybridized carbons (Fsp3) is 0.462. The summed E-state index contributed by atoms with van der Waals surface area (Å²) in [5, 5.41) is 4.56. The van der Waals surface area contributed by atoms with Crippen molar-refractivity contribution in [2.45, 2.75) is 36.2 Å². The Bertz CT molecular complexity index is 494. The quantitative estimate of drug-likeness (QED) is 0.792. The number of carbonyl (C=O) groups is 1. The Balaban J connectivity index is 2.05. The monoisotopic (exact) mass is 318 g/mol. The third kappa shape index (κ3) is 4.02. The highest BCUT2D eigenvalue weighted by molar-refractivity contribution is 7.99. The van der Waals surface area contributed by atoms with Crippen molar-refractivity contribution in [3.05, 3.63) is 28.2 Å². The molecule has 1 aromatic rings. The molecule has 3 N–H and O–H groups in total. The van der Waals surface area contributed by atoms with Crippen LogP contribution < -0.4 is 11.1 Å². The van der Waals surface area contributed by atoms with E-state index in [1.54, 1.807) is 18.2 Å². The molecule has 2 rings (SSSR count). The van der Waals surface area contributed by atoms with Gasteiger partial charge < -0.3 is 11.1 Å². The minimum absolute atomic E-state index is 0.343. The number of primary amides is 1. The highest BCUT2D eigenvalue weighted by atomic mass is 35.5. The van der Waals surface area contributed by atoms with Crippen molar-refractivity contribution in [1.82, 2.24) is 5.32 Å². The Hall–Kier alpha value is -0.420. The van der Waals surface area contributed by atoms with Crippen LogP contribution in [-0.2, 0) is 4.79 Å². The van der Waals surface area contributed by atoms with E-state index < -0.39 is 5.54 Å². The second-order valence-corrected chi connectivity index (χ2v) is 6.84. The zero-order valence-corrected chi connectivity index (χ0v) is 12.9. The van der Waals surface area contributed by atoms with E-state index >= 15 is 0 Å². The number of nitrogens with one attached hydrogen (secondary N) is 1. The largest absolute Gasteiger partial charge is 0.368 e. The third-order valence-corrected chi connectivity index (χ3v) is 5.10. The predicted octanol–water partition coefficient (Wildman–Crippen LogP) is 3.08. The number of carbonyl (C=O) groups excluding carboxylic acids is 1. The third-order valence-electron chi connectivity index (χ3n) is 3.05. The fourth-order valence-electron chi connectivity index (χ4n) is 1.67. The van der Waals surface area contributed by atoms with Crippen molar-refractivity contribution < 1.29 is 4.79 Å². The highest BCUT2D eigenvalue weighted by Gasteiger charge is 2.37. The van der Waals surface area contributed by atoms with Crippen LogP contribution in [0.1, 0.15) is 19.8 Å². The summed E-state index contributed by atoms with van der Waals surface area (Å²) in [6.07, 6.45) is 2.21. The smallest absolute Gasteiger partial charge is 0.238 e. The van der Waals surface area contributed by atoms with Gasteiger partial charge in [0.1, 0.15) is 5.54 Å². The molecule has 0 aliphatic heterocycles. The van der Waals surface area contributed by atoms with Crippen molar-refractivity contribution in [3.8, 4) is 0 Å². The first-order valence-corrected chi connectivity index (χ1v) is 7.80. The maximum Gasteiger partial charge on any atom is 0.238 e. The summed E-state index contributed by atoms with van der Waals surface area (Å²) in [4.78, 5) is 12.5. The number of nitrogens with two attached hydrogens (primary N) is 1. The SMILES string of the molecule is CC(CSc1cc(Cl)ccc1Cl)(NC1CC1)C(N)=O. The zero-order chi connectivity index (χ0) is 14.0. The summed E-state index contributed by atoms with van der Waals surface area (Å²) in [7, 11) is 0. The fourth-order valence-corrected chi connectivity index (χ4v) is 3.28. The molecule has 1 saturated carbocycles. The molecule has 1 amide bonds. The van der Waals surface area contributed by atoms with Gasteiger partial charge in [-0.1, -0.05) is 23.2 Å². The van der Waals surface area contributed by atoms with Crippen LogP contribution in [0.25, 0.3) is 0 Å². The first-order chi connectivity index (χ1) is 8.90. The van der Waals surface area contributed by atoms with Gasteiger partial charge in [-0.25, -0.2) is 0 Å². The van der Waals surface area contributed by atoms with Crippen molar-refractivity contribution in [3.63, 3.8) is 0 Å². The lowest BCUT2D eigenvalue weighted by atomic mass is 10.1. The molecule has 1 aromatic carbocycles. The first kappa shape index (κ1) is 15.0. The van der Waals surface area contributed by atoms with E-state index in [9.17, 15) is 4.79 Å². The molecule has 1 fully saturated rings. The lowest BCUT2D eigenvalue weighted by Crippen LogP contribution is -2.55. The van der Waals surface area contributed by atoms with Gasteiger partial charge >= 0.3 is 0 Å². The van der Waals surface area contributed by atoms with Gasteiger partial charge in [0, 0.05) is 21.7 Å². The average Bonchev–Trinajstić information content (AvgIpc) is 3.14. The Labute approximate surface area is 127 Å². The normalized spacial score (nSPS) is 18.1. The number of benzene rings is 1. The second-order valence-electron chi connectivity index (χ2n) is 4.98. The second kappa shape index (κ2) is 5.92. The Morgan fingerprint density at radius 2 is 2.21 bits per heavy atom. The number of thioether (sulfide) groups is 1. The van der Waals surface area contributed by atoms with Crippen molar-refractivity contribution in [2.75, 3.05) is 5.75 Å². The Morgan fingerprint density at radius 3 is 2.79 bits per heavy atom. The molecule has 0 saturated heterocycles. The van der Waals surface area contributed by atoms with Crippen molar-refractivity contribution >= 4 is 40.9 Å². The molecule has 6 heteroatoms. The molecule has 0 spiro atoms. The molecule has 1 unspecified atom stereocenters. The Morgan fingerprint density at radius 1 is 1.53 bits per heavy atom. The number of halogens is 2. The topological polar surface area (TPSA) is 55.1 Å². The Kier molecular flexibility index (Phi) is 4.66. The van der Waals surface area contributed by atoms with Gasteiger partial charge in [-0.05, 0) is 38.0 Å². The van der Waals surface area contributed by atoms with Gasteiger partial charge in [0.25, 0.3) is 0 Å². The van der Waals surface area contributed by atoms with E-state index in [0.717, 1.165) is 17.7 Å². The molecule has 104 valence electrons. The number of hydrogen-bond acceptors (Lipinski definition) is 3. The van der Waals surface area contributed by atoms with Crippen molar-refractivity contribution in [1.29, 1.82) is 0 Å². The molecule has 1 aliphatic rings. The van der Waals surface area contributed by atoms with Gasteiger partial charge in [0.05, 0.1) is 5.02 Å². The lowest BCUT2D eigenvalue weighted by molar-refractivity contribution is -0.123. The molecular weight excluding hydrogens is 303 g/mol. The van der Waals surface area contributed by atoms with E-state index in [0.29, 0.717) is 21.8 Å². The van der Waals surface area contributed by atoms with E-state index in [4.69, 9.17) is 28.9 Å².